The van der Waals surface area contributed by atoms with Crippen LogP contribution < -0.4 is 10.6 Å². The van der Waals surface area contributed by atoms with Gasteiger partial charge in [-0.05, 0) is 55.6 Å². The van der Waals surface area contributed by atoms with Gasteiger partial charge in [0.25, 0.3) is 5.92 Å². The maximum atomic E-state index is 15.4. The first-order valence-electron chi connectivity index (χ1n) is 12.5. The molecular weight excluding hydrogens is 497 g/mol. The normalized spacial score (nSPS) is 20.0. The maximum absolute atomic E-state index is 15.4. The summed E-state index contributed by atoms with van der Waals surface area (Å²) in [5.41, 5.74) is -0.409. The number of halogens is 3. The molecule has 0 spiro atoms. The van der Waals surface area contributed by atoms with Crippen molar-refractivity contribution in [2.45, 2.75) is 90.2 Å². The average molecular weight is 533 g/mol. The summed E-state index contributed by atoms with van der Waals surface area (Å²) in [5.74, 6) is 1.33. The van der Waals surface area contributed by atoms with Crippen molar-refractivity contribution in [2.24, 2.45) is 5.92 Å². The molecule has 1 aromatic heterocycles. The first-order valence-corrected chi connectivity index (χ1v) is 15.4. The third kappa shape index (κ3) is 5.43. The van der Waals surface area contributed by atoms with Gasteiger partial charge in [-0.25, -0.2) is 18.0 Å². The molecule has 1 aliphatic carbocycles. The number of hydrogen-bond donors (Lipinski definition) is 2. The molecule has 1 saturated carbocycles. The zero-order valence-electron chi connectivity index (χ0n) is 22.5. The van der Waals surface area contributed by atoms with Crippen LogP contribution in [0.4, 0.5) is 23.7 Å². The summed E-state index contributed by atoms with van der Waals surface area (Å²) in [6.45, 7) is 13.9. The summed E-state index contributed by atoms with van der Waals surface area (Å²) in [4.78, 5) is 12.4. The van der Waals surface area contributed by atoms with E-state index in [-0.39, 0.29) is 34.3 Å². The number of rotatable bonds is 6. The molecule has 10 heteroatoms. The molecule has 2 N–H and O–H groups in total. The Balaban J connectivity index is 1.63. The van der Waals surface area contributed by atoms with Crippen molar-refractivity contribution in [1.82, 2.24) is 15.1 Å². The minimum absolute atomic E-state index is 0.0245. The molecule has 37 heavy (non-hydrogen) atoms. The number of carbonyl (C=O) groups is 1. The van der Waals surface area contributed by atoms with Gasteiger partial charge in [0.05, 0.1) is 18.8 Å². The molecule has 0 radical (unpaired) electrons. The van der Waals surface area contributed by atoms with E-state index in [1.165, 1.54) is 6.07 Å². The second kappa shape index (κ2) is 9.21. The number of anilines is 1. The second-order valence-electron chi connectivity index (χ2n) is 11.8. The molecule has 0 saturated heterocycles. The predicted molar refractivity (Wildman–Crippen MR) is 139 cm³/mol. The first kappa shape index (κ1) is 27.3. The number of urea groups is 1. The molecule has 1 aromatic carbocycles. The van der Waals surface area contributed by atoms with Gasteiger partial charge in [-0.3, -0.25) is 4.68 Å². The number of nitrogens with one attached hydrogen (secondary N) is 2. The fraction of sp³-hybridized carbons (Fsp3) is 0.556. The summed E-state index contributed by atoms with van der Waals surface area (Å²) in [5, 5.41) is 9.48. The van der Waals surface area contributed by atoms with Gasteiger partial charge in [-0.15, -0.1) is 0 Å². The van der Waals surface area contributed by atoms with Crippen molar-refractivity contribution in [1.29, 1.82) is 0 Å². The van der Waals surface area contributed by atoms with Gasteiger partial charge in [0, 0.05) is 35.9 Å². The molecule has 2 heterocycles. The molecule has 1 aliphatic heterocycles. The highest BCUT2D eigenvalue weighted by molar-refractivity contribution is 6.74. The lowest BCUT2D eigenvalue weighted by atomic mass is 9.81. The van der Waals surface area contributed by atoms with Crippen molar-refractivity contribution in [3.05, 3.63) is 46.5 Å². The molecule has 2 amide bonds. The van der Waals surface area contributed by atoms with Crippen LogP contribution in [0.15, 0.2) is 18.3 Å². The standard InChI is InChI=1S/C27H35F3N4O2Si/c1-17-14-34(33-23(17)16-36-37(6,7)25(2,3)4)15-19-12-22-20(13-21(19)28)27(26(5,29)30,32-24(35)31-22)11-10-18-8-9-18/h12-14,18H,8-9,15-16H2,1-7H3,(H2,31,32,35)/t27-/m0/s1. The SMILES string of the molecule is Cc1cn(Cc2cc3c(cc2F)[C@@](C#CC2CC2)(C(C)(F)F)NC(=O)N3)nc1CO[Si](C)(C)C(C)(C)C. The Kier molecular flexibility index (Phi) is 6.78. The van der Waals surface area contributed by atoms with Gasteiger partial charge in [0.2, 0.25) is 0 Å². The van der Waals surface area contributed by atoms with Gasteiger partial charge in [0.15, 0.2) is 13.9 Å². The Morgan fingerprint density at radius 3 is 2.51 bits per heavy atom. The van der Waals surface area contributed by atoms with Crippen LogP contribution in [0, 0.1) is 30.5 Å². The Morgan fingerprint density at radius 1 is 1.24 bits per heavy atom. The monoisotopic (exact) mass is 532 g/mol. The number of hydrogen-bond acceptors (Lipinski definition) is 3. The van der Waals surface area contributed by atoms with Crippen molar-refractivity contribution in [3.8, 4) is 11.8 Å². The van der Waals surface area contributed by atoms with E-state index in [2.05, 4.69) is 61.4 Å². The van der Waals surface area contributed by atoms with Gasteiger partial charge < -0.3 is 15.1 Å². The predicted octanol–water partition coefficient (Wildman–Crippen LogP) is 6.30. The Hall–Kier alpha value is -2.77. The van der Waals surface area contributed by atoms with E-state index < -0.39 is 31.6 Å². The molecule has 2 aromatic rings. The fourth-order valence-corrected chi connectivity index (χ4v) is 4.89. The molecule has 0 unspecified atom stereocenters. The van der Waals surface area contributed by atoms with Crippen LogP contribution in [-0.4, -0.2) is 30.1 Å². The van der Waals surface area contributed by atoms with Crippen molar-refractivity contribution in [3.63, 3.8) is 0 Å². The van der Waals surface area contributed by atoms with Crippen LogP contribution in [0.5, 0.6) is 0 Å². The molecule has 4 rings (SSSR count). The van der Waals surface area contributed by atoms with Crippen molar-refractivity contribution in [2.75, 3.05) is 5.32 Å². The van der Waals surface area contributed by atoms with Crippen molar-refractivity contribution >= 4 is 20.0 Å². The molecule has 200 valence electrons. The molecule has 2 aliphatic rings. The Bertz CT molecular complexity index is 1280. The van der Waals surface area contributed by atoms with Gasteiger partial charge in [-0.1, -0.05) is 32.6 Å². The third-order valence-electron chi connectivity index (χ3n) is 7.59. The number of alkyl halides is 2. The van der Waals surface area contributed by atoms with E-state index in [0.717, 1.165) is 30.2 Å². The van der Waals surface area contributed by atoms with E-state index >= 15 is 4.39 Å². The van der Waals surface area contributed by atoms with Crippen molar-refractivity contribution < 1.29 is 22.4 Å². The molecular formula is C27H35F3N4O2Si. The lowest BCUT2D eigenvalue weighted by Gasteiger charge is -2.40. The summed E-state index contributed by atoms with van der Waals surface area (Å²) in [7, 11) is -1.97. The fourth-order valence-electron chi connectivity index (χ4n) is 3.96. The summed E-state index contributed by atoms with van der Waals surface area (Å²) >= 11 is 0. The third-order valence-corrected chi connectivity index (χ3v) is 12.1. The molecule has 1 atom stereocenters. The van der Waals surface area contributed by atoms with Gasteiger partial charge >= 0.3 is 6.03 Å². The minimum Gasteiger partial charge on any atom is -0.411 e. The lowest BCUT2D eigenvalue weighted by Crippen LogP contribution is -2.59. The zero-order valence-corrected chi connectivity index (χ0v) is 23.5. The number of benzene rings is 1. The highest BCUT2D eigenvalue weighted by Gasteiger charge is 2.55. The van der Waals surface area contributed by atoms with Crippen LogP contribution in [0.1, 0.15) is 62.9 Å². The van der Waals surface area contributed by atoms with E-state index in [1.54, 1.807) is 10.9 Å². The number of aryl methyl sites for hydroxylation is 1. The smallest absolute Gasteiger partial charge is 0.320 e. The number of aromatic nitrogens is 2. The second-order valence-corrected chi connectivity index (χ2v) is 16.6. The van der Waals surface area contributed by atoms with E-state index in [9.17, 15) is 13.6 Å². The number of fused-ring (bicyclic) bond motifs is 1. The quantitative estimate of drug-likeness (QED) is 0.339. The summed E-state index contributed by atoms with van der Waals surface area (Å²) in [6.07, 6.45) is 3.46. The summed E-state index contributed by atoms with van der Waals surface area (Å²) in [6, 6.07) is 1.64. The van der Waals surface area contributed by atoms with E-state index in [4.69, 9.17) is 4.43 Å². The van der Waals surface area contributed by atoms with Gasteiger partial charge in [-0.2, -0.15) is 5.10 Å². The molecule has 0 bridgehead atoms. The number of amides is 2. The summed E-state index contributed by atoms with van der Waals surface area (Å²) < 4.78 is 53.1. The average Bonchev–Trinajstić information content (AvgIpc) is 3.52. The van der Waals surface area contributed by atoms with Crippen LogP contribution in [0.2, 0.25) is 18.1 Å². The molecule has 1 fully saturated rings. The lowest BCUT2D eigenvalue weighted by molar-refractivity contribution is -0.0465. The topological polar surface area (TPSA) is 68.2 Å². The van der Waals surface area contributed by atoms with Crippen LogP contribution >= 0.6 is 0 Å². The zero-order chi connectivity index (χ0) is 27.4. The van der Waals surface area contributed by atoms with Crippen LogP contribution in [0.25, 0.3) is 0 Å². The molecule has 6 nitrogen and oxygen atoms in total. The van der Waals surface area contributed by atoms with E-state index in [0.29, 0.717) is 13.5 Å². The highest BCUT2D eigenvalue weighted by atomic mass is 28.4. The Labute approximate surface area is 217 Å². The largest absolute Gasteiger partial charge is 0.411 e. The van der Waals surface area contributed by atoms with Gasteiger partial charge in [0.1, 0.15) is 5.82 Å². The van der Waals surface area contributed by atoms with Crippen LogP contribution in [-0.2, 0) is 23.1 Å². The maximum Gasteiger partial charge on any atom is 0.320 e. The Morgan fingerprint density at radius 2 is 1.92 bits per heavy atom. The van der Waals surface area contributed by atoms with E-state index in [1.807, 2.05) is 6.92 Å². The minimum atomic E-state index is -3.45. The first-order chi connectivity index (χ1) is 17.0. The highest BCUT2D eigenvalue weighted by Crippen LogP contribution is 2.44. The number of carbonyl (C=O) groups excluding carboxylic acids is 1. The number of nitrogens with zero attached hydrogens (tertiary/aromatic N) is 2. The van der Waals surface area contributed by atoms with Crippen LogP contribution in [0.3, 0.4) is 0 Å².